The Kier molecular flexibility index (Phi) is 66.1. The van der Waals surface area contributed by atoms with Crippen molar-refractivity contribution in [2.75, 3.05) is 21.3 Å². The van der Waals surface area contributed by atoms with Crippen molar-refractivity contribution in [3.8, 4) is 41.8 Å². The van der Waals surface area contributed by atoms with Crippen LogP contribution in [-0.2, 0) is 257 Å². The molecule has 0 bridgehead atoms. The summed E-state index contributed by atoms with van der Waals surface area (Å²) < 4.78 is 30.2. The molecule has 0 saturated carbocycles. The molecule has 60 heteroatoms. The van der Waals surface area contributed by atoms with Gasteiger partial charge in [0.1, 0.15) is 59.6 Å². The van der Waals surface area contributed by atoms with Crippen molar-refractivity contribution >= 4 is 449 Å². The van der Waals surface area contributed by atoms with E-state index in [0.717, 1.165) is 150 Å². The number of ether oxygens (including phenoxy) is 2. The highest BCUT2D eigenvalue weighted by Gasteiger charge is 2.52. The Labute approximate surface area is 979 Å². The van der Waals surface area contributed by atoms with Gasteiger partial charge in [-0.25, -0.2) is 49.8 Å². The van der Waals surface area contributed by atoms with Gasteiger partial charge in [0.15, 0.2) is 0 Å². The van der Waals surface area contributed by atoms with Gasteiger partial charge in [-0.3, -0.25) is 38.4 Å². The van der Waals surface area contributed by atoms with Gasteiger partial charge >= 0.3 is 19.1 Å². The van der Waals surface area contributed by atoms with E-state index in [-0.39, 0.29) is 84.9 Å². The Hall–Kier alpha value is -3.62. The molecule has 13 aromatic heterocycles. The standard InChI is InChI=1S/C16H17IN4O2S.C12H10N4OS.C12H13N3OS.C11H17BN2O2.C11H8IN3S.C7H8BrNOS.C7H9NOS.C6H11BrO2.S6.S5.S4.S3.S2.H2S/c1-9-18-6-10(7-19-9)12-5-11-14(24-12)15(17)20-21(11)8-13(22)23-16(2,3)4;1-7-13-4-9(5-14-7)11-3-10-12(18-11)6-15-16(10)8(2)17;1-7-11(15-9(3)16)4-12(17-7)10-5-13-8(2)14-6-10;1-8-13-6-9(7-14-8)12-15-10(2,3)11(4,5)16-12;1-6-13-4-8(5-14-6)9-2-7-3-15-11(12)10(7)16-9;1-4-6(9-5(2)10)3-7(8)11-4;1-5-7(3-4-10-5)8-6(2)9;1-6(2,3)9-5(8)4-7;1-3-5-6-4-2;1-3-5-4-2;1-3-4-2;1-3-2;1-2;/h5-7H,8H2,1-4H3;3-6H,1-2H3;4-6H,1-3H3,(H,15,16);6-7H,1-5H3;2,4-5H,3H2,1H3;3H,1-2H3,(H,9,10);3-4H,1-2H3,(H,8,9);4H2,1-3H3;;;;;;1H2. The average Bonchev–Trinajstić information content (AvgIpc) is 1.62. The van der Waals surface area contributed by atoms with Gasteiger partial charge in [0.2, 0.25) is 23.6 Å². The summed E-state index contributed by atoms with van der Waals surface area (Å²) in [5.74, 6) is 3.10. The first-order chi connectivity index (χ1) is 66.4. The third-order valence-electron chi connectivity index (χ3n) is 16.9. The first kappa shape index (κ1) is 134. The number of hydrogen-bond acceptors (Lipinski definition) is 39. The van der Waals surface area contributed by atoms with Gasteiger partial charge < -0.3 is 34.7 Å². The van der Waals surface area contributed by atoms with Gasteiger partial charge in [-0.15, -0.1) is 68.0 Å². The van der Waals surface area contributed by atoms with Crippen molar-refractivity contribution in [2.24, 2.45) is 4.99 Å². The highest BCUT2D eigenvalue weighted by atomic mass is 127. The van der Waals surface area contributed by atoms with E-state index in [1.165, 1.54) is 128 Å². The fourth-order valence-corrected chi connectivity index (χ4v) is 26.7. The molecule has 0 aromatic carbocycles. The summed E-state index contributed by atoms with van der Waals surface area (Å²) in [6.07, 6.45) is 19.8. The Morgan fingerprint density at radius 2 is 0.894 bits per heavy atom. The molecule has 15 rings (SSSR count). The van der Waals surface area contributed by atoms with Crippen LogP contribution < -0.4 is 21.4 Å². The summed E-state index contributed by atoms with van der Waals surface area (Å²) in [7, 11) is 12.5. The maximum absolute atomic E-state index is 12.1. The van der Waals surface area contributed by atoms with Crippen molar-refractivity contribution in [1.29, 1.82) is 0 Å². The van der Waals surface area contributed by atoms with Gasteiger partial charge in [0.25, 0.3) is 0 Å². The van der Waals surface area contributed by atoms with Crippen LogP contribution in [0.4, 0.5) is 17.1 Å². The minimum atomic E-state index is -0.504. The van der Waals surface area contributed by atoms with Gasteiger partial charge in [0.05, 0.1) is 70.1 Å². The molecule has 28 nitrogen and oxygen atoms in total. The molecule has 3 amide bonds. The number of thiophene rings is 6. The van der Waals surface area contributed by atoms with Crippen LogP contribution in [0.25, 0.3) is 62.2 Å². The van der Waals surface area contributed by atoms with E-state index in [9.17, 15) is 28.8 Å². The second-order valence-corrected chi connectivity index (χ2v) is 59.0. The number of aryl methyl sites for hydroxylation is 8. The number of nitrogens with one attached hydrogen (secondary N) is 3. The number of carbonyl (C=O) groups excluding carboxylic acids is 6. The second kappa shape index (κ2) is 69.8. The predicted octanol–water partition coefficient (Wildman–Crippen LogP) is 20.0. The zero-order chi connectivity index (χ0) is 106. The van der Waals surface area contributed by atoms with Crippen molar-refractivity contribution in [3.05, 3.63) is 172 Å². The molecule has 0 radical (unpaired) electrons. The lowest BCUT2D eigenvalue weighted by molar-refractivity contribution is -0.156. The molecule has 1 fully saturated rings. The molecule has 2 aliphatic rings. The molecule has 15 heterocycles. The zero-order valence-electron chi connectivity index (χ0n) is 79.5. The van der Waals surface area contributed by atoms with Gasteiger partial charge in [-0.05, 0) is 233 Å². The number of carbonyl (C=O) groups is 6. The maximum atomic E-state index is 12.1. The number of rotatable bonds is 11. The van der Waals surface area contributed by atoms with E-state index in [2.05, 4.69) is 276 Å². The molecule has 3 N–H and O–H groups in total. The largest absolute Gasteiger partial charge is 0.498 e. The van der Waals surface area contributed by atoms with E-state index >= 15 is 0 Å². The lowest BCUT2D eigenvalue weighted by atomic mass is 9.81. The minimum Gasteiger partial charge on any atom is -0.459 e. The predicted molar refractivity (Wildman–Crippen MR) is 669 cm³/mol. The summed E-state index contributed by atoms with van der Waals surface area (Å²) >= 11 is 62.8. The van der Waals surface area contributed by atoms with E-state index < -0.39 is 5.60 Å². The molecule has 0 unspecified atom stereocenters. The highest BCUT2D eigenvalue weighted by molar-refractivity contribution is 14.1. The Balaban J connectivity index is 0.000000540. The van der Waals surface area contributed by atoms with Crippen LogP contribution in [0.2, 0.25) is 0 Å². The quantitative estimate of drug-likeness (QED) is 0.0468. The van der Waals surface area contributed by atoms with Crippen LogP contribution in [0.1, 0.15) is 156 Å². The molecule has 13 aromatic rings. The zero-order valence-corrected chi connectivity index (χ0v) is 109. The maximum Gasteiger partial charge on any atom is 0.498 e. The van der Waals surface area contributed by atoms with Crippen LogP contribution in [0.3, 0.4) is 0 Å². The molecule has 142 heavy (non-hydrogen) atoms. The van der Waals surface area contributed by atoms with Gasteiger partial charge in [0, 0.05) is 352 Å². The van der Waals surface area contributed by atoms with E-state index in [1.807, 2.05) is 185 Å². The first-order valence-electron chi connectivity index (χ1n) is 39.7. The number of aliphatic imine (C=N–C) groups is 1. The molecule has 766 valence electrons. The number of hydrogen-bond donors (Lipinski definition) is 3. The summed E-state index contributed by atoms with van der Waals surface area (Å²) in [5, 5.41) is 19.0. The number of anilines is 3. The normalized spacial score (nSPS) is 11.5. The summed E-state index contributed by atoms with van der Waals surface area (Å²) in [6, 6.07) is 11.9. The number of amides is 3. The SMILES string of the molecule is CC(=O)Nc1cc(-c2cnc(C)nc2)sc1C.CC(=O)Nc1cc(Br)sc1C.CC(=O)Nc1ccsc1C.CC(=O)n1ncc2sc(-c3cnc(C)nc3)cc21.CC(C)(C)OC(=O)CBr.Cc1ncc(-c2cc3c(s2)C(I)=NC3)cn1.Cc1ncc(-c2cc3c(s2)c(I)nn3CC(=O)OC(C)(C)C)cn1.Cc1ncc(B2OC(C)(C)C(C)(C)O2)cn1.S.S=S.S=S=S.S=S=S=S.S=S=S=S=S.S=S=S=S=S=S. The molecule has 1 saturated heterocycles. The average molecular weight is 2780 g/mol. The lowest BCUT2D eigenvalue weighted by Crippen LogP contribution is -2.41. The van der Waals surface area contributed by atoms with Crippen LogP contribution in [0, 0.1) is 59.1 Å². The second-order valence-electron chi connectivity index (χ2n) is 30.5. The lowest BCUT2D eigenvalue weighted by Gasteiger charge is -2.32. The van der Waals surface area contributed by atoms with Crippen molar-refractivity contribution in [1.82, 2.24) is 69.4 Å². The topological polar surface area (TPSA) is 352 Å². The molecular weight excluding hydrogens is 2690 g/mol. The number of aromatic nitrogens is 14. The monoisotopic (exact) mass is 2780 g/mol. The molecule has 2 aliphatic heterocycles. The molecular formula is C82H95BBr2I2N18O10S27. The van der Waals surface area contributed by atoms with Crippen molar-refractivity contribution in [3.63, 3.8) is 0 Å². The molecule has 0 atom stereocenters. The third kappa shape index (κ3) is 50.1. The van der Waals surface area contributed by atoms with Gasteiger partial charge in [-0.2, -0.15) is 28.4 Å². The Bertz CT molecular complexity index is 6800. The number of alkyl halides is 1. The van der Waals surface area contributed by atoms with Gasteiger partial charge in [-0.1, -0.05) is 15.9 Å². The van der Waals surface area contributed by atoms with E-state index in [1.54, 1.807) is 116 Å². The first-order valence-corrected chi connectivity index (χ1v) is 68.8. The summed E-state index contributed by atoms with van der Waals surface area (Å²) in [6.45, 7) is 41.4. The van der Waals surface area contributed by atoms with E-state index in [4.69, 9.17) is 18.8 Å². The van der Waals surface area contributed by atoms with Crippen LogP contribution in [-0.4, -0.2) is 144 Å². The fraction of sp³-hybridized carbons (Fsp3) is 0.354. The Morgan fingerprint density at radius 1 is 0.507 bits per heavy atom. The van der Waals surface area contributed by atoms with Crippen LogP contribution >= 0.6 is 159 Å². The third-order valence-corrected chi connectivity index (χ3v) is 40.1. The number of halogens is 4. The molecule has 0 spiro atoms. The number of esters is 2. The fourth-order valence-electron chi connectivity index (χ4n) is 10.4. The number of nitrogens with zero attached hydrogens (tertiary/aromatic N) is 15. The summed E-state index contributed by atoms with van der Waals surface area (Å²) in [5.41, 5.74) is 9.12. The number of fused-ring (bicyclic) bond motifs is 3. The van der Waals surface area contributed by atoms with Crippen molar-refractivity contribution < 1.29 is 47.5 Å². The molecule has 0 aliphatic carbocycles. The Morgan fingerprint density at radius 3 is 1.25 bits per heavy atom. The van der Waals surface area contributed by atoms with Crippen LogP contribution in [0.5, 0.6) is 0 Å². The highest BCUT2D eigenvalue weighted by Crippen LogP contribution is 2.41. The van der Waals surface area contributed by atoms with Crippen LogP contribution in [0.15, 0.2) is 119 Å². The summed E-state index contributed by atoms with van der Waals surface area (Å²) in [4.78, 5) is 122. The smallest absolute Gasteiger partial charge is 0.459 e. The minimum absolute atomic E-state index is 0. The van der Waals surface area contributed by atoms with E-state index in [0.29, 0.717) is 0 Å². The van der Waals surface area contributed by atoms with Crippen molar-refractivity contribution in [2.45, 2.75) is 188 Å².